The molecule has 0 aromatic carbocycles. The van der Waals surface area contributed by atoms with Crippen molar-refractivity contribution < 1.29 is 24.3 Å². The van der Waals surface area contributed by atoms with Crippen LogP contribution in [-0.4, -0.2) is 53.7 Å². The van der Waals surface area contributed by atoms with Crippen molar-refractivity contribution in [3.8, 4) is 0 Å². The van der Waals surface area contributed by atoms with Gasteiger partial charge >= 0.3 is 5.97 Å². The highest BCUT2D eigenvalue weighted by atomic mass is 32.1. The van der Waals surface area contributed by atoms with Crippen LogP contribution in [0.25, 0.3) is 0 Å². The smallest absolute Gasteiger partial charge is 0.325 e. The van der Waals surface area contributed by atoms with Crippen LogP contribution in [0.15, 0.2) is 0 Å². The summed E-state index contributed by atoms with van der Waals surface area (Å²) in [6, 6.07) is -1.03. The molecule has 1 unspecified atom stereocenters. The van der Waals surface area contributed by atoms with Crippen LogP contribution in [0.5, 0.6) is 0 Å². The van der Waals surface area contributed by atoms with Crippen molar-refractivity contribution in [1.82, 2.24) is 16.0 Å². The van der Waals surface area contributed by atoms with Gasteiger partial charge in [0.25, 0.3) is 0 Å². The molecule has 0 bridgehead atoms. The third kappa shape index (κ3) is 7.49. The van der Waals surface area contributed by atoms with Crippen molar-refractivity contribution >= 4 is 36.3 Å². The fourth-order valence-electron chi connectivity index (χ4n) is 0.830. The highest BCUT2D eigenvalue weighted by molar-refractivity contribution is 7.81. The summed E-state index contributed by atoms with van der Waals surface area (Å²) < 4.78 is 0. The predicted molar refractivity (Wildman–Crippen MR) is 65.1 cm³/mol. The predicted octanol–water partition coefficient (Wildman–Crippen LogP) is -2.26. The minimum absolute atomic E-state index is 0.0378. The monoisotopic (exact) mass is 277 g/mol. The van der Waals surface area contributed by atoms with Gasteiger partial charge in [-0.15, -0.1) is 0 Å². The van der Waals surface area contributed by atoms with Gasteiger partial charge in [-0.3, -0.25) is 19.2 Å². The van der Waals surface area contributed by atoms with E-state index in [4.69, 9.17) is 5.11 Å². The second-order valence-corrected chi connectivity index (χ2v) is 3.66. The van der Waals surface area contributed by atoms with Crippen LogP contribution in [0.2, 0.25) is 0 Å². The molecular formula is C9H15N3O5S. The van der Waals surface area contributed by atoms with Gasteiger partial charge in [0.1, 0.15) is 6.04 Å². The largest absolute Gasteiger partial charge is 0.480 e. The minimum Gasteiger partial charge on any atom is -0.480 e. The first-order chi connectivity index (χ1) is 8.36. The second-order valence-electron chi connectivity index (χ2n) is 3.34. The summed E-state index contributed by atoms with van der Waals surface area (Å²) in [6.45, 7) is 0.684. The highest BCUT2D eigenvalue weighted by Crippen LogP contribution is 1.80. The third-order valence-corrected chi connectivity index (χ3v) is 2.07. The Kier molecular flexibility index (Phi) is 7.52. The molecule has 0 heterocycles. The lowest BCUT2D eigenvalue weighted by Gasteiger charge is -2.10. The molecule has 0 fully saturated rings. The Balaban J connectivity index is 3.82. The van der Waals surface area contributed by atoms with E-state index in [-0.39, 0.29) is 18.8 Å². The van der Waals surface area contributed by atoms with Crippen molar-refractivity contribution in [2.75, 3.05) is 18.8 Å². The fourth-order valence-corrected chi connectivity index (χ4v) is 0.942. The van der Waals surface area contributed by atoms with Crippen molar-refractivity contribution in [3.05, 3.63) is 0 Å². The van der Waals surface area contributed by atoms with Crippen LogP contribution < -0.4 is 16.0 Å². The van der Waals surface area contributed by atoms with E-state index < -0.39 is 29.7 Å². The lowest BCUT2D eigenvalue weighted by atomic mass is 10.3. The Hall–Kier alpha value is -1.77. The molecule has 0 saturated heterocycles. The summed E-state index contributed by atoms with van der Waals surface area (Å²) in [5.41, 5.74) is 0. The van der Waals surface area contributed by atoms with E-state index in [1.54, 1.807) is 0 Å². The molecule has 0 spiro atoms. The zero-order chi connectivity index (χ0) is 14.1. The molecule has 0 aromatic rings. The second kappa shape index (κ2) is 8.34. The Labute approximate surface area is 109 Å². The summed E-state index contributed by atoms with van der Waals surface area (Å²) in [6.07, 6.45) is 0. The SMILES string of the molecule is CC(NC(=O)CNC(=O)CNC(=O)CS)C(=O)O. The number of carbonyl (C=O) groups excluding carboxylic acids is 3. The van der Waals surface area contributed by atoms with Crippen molar-refractivity contribution in [2.24, 2.45) is 0 Å². The number of carboxylic acid groups (broad SMARTS) is 1. The molecular weight excluding hydrogens is 262 g/mol. The van der Waals surface area contributed by atoms with E-state index in [2.05, 4.69) is 28.6 Å². The normalized spacial score (nSPS) is 11.2. The van der Waals surface area contributed by atoms with Crippen LogP contribution in [0, 0.1) is 0 Å². The first kappa shape index (κ1) is 16.2. The number of aliphatic carboxylic acids is 1. The Morgan fingerprint density at radius 3 is 2.06 bits per heavy atom. The highest BCUT2D eigenvalue weighted by Gasteiger charge is 2.14. The van der Waals surface area contributed by atoms with Gasteiger partial charge in [-0.1, -0.05) is 0 Å². The number of carbonyl (C=O) groups is 4. The minimum atomic E-state index is -1.17. The van der Waals surface area contributed by atoms with Crippen LogP contribution >= 0.6 is 12.6 Å². The summed E-state index contributed by atoms with van der Waals surface area (Å²) in [7, 11) is 0. The van der Waals surface area contributed by atoms with E-state index in [0.29, 0.717) is 0 Å². The molecule has 102 valence electrons. The number of rotatable bonds is 7. The maximum Gasteiger partial charge on any atom is 0.325 e. The summed E-state index contributed by atoms with van der Waals surface area (Å²) in [5, 5.41) is 15.2. The molecule has 4 N–H and O–H groups in total. The van der Waals surface area contributed by atoms with Gasteiger partial charge < -0.3 is 21.1 Å². The van der Waals surface area contributed by atoms with Crippen molar-refractivity contribution in [3.63, 3.8) is 0 Å². The molecule has 18 heavy (non-hydrogen) atoms. The molecule has 8 nitrogen and oxygen atoms in total. The maximum absolute atomic E-state index is 11.2. The average Bonchev–Trinajstić information content (AvgIpc) is 2.32. The third-order valence-electron chi connectivity index (χ3n) is 1.78. The molecule has 0 aliphatic rings. The van der Waals surface area contributed by atoms with Crippen molar-refractivity contribution in [1.29, 1.82) is 0 Å². The molecule has 0 aliphatic carbocycles. The van der Waals surface area contributed by atoms with E-state index in [0.717, 1.165) is 0 Å². The van der Waals surface area contributed by atoms with E-state index in [1.165, 1.54) is 6.92 Å². The van der Waals surface area contributed by atoms with Crippen LogP contribution in [0.1, 0.15) is 6.92 Å². The number of carboxylic acids is 1. The summed E-state index contributed by atoms with van der Waals surface area (Å²) in [4.78, 5) is 43.5. The molecule has 0 radical (unpaired) electrons. The first-order valence-corrected chi connectivity index (χ1v) is 5.66. The molecule has 0 rings (SSSR count). The molecule has 3 amide bonds. The van der Waals surface area contributed by atoms with Gasteiger partial charge in [-0.25, -0.2) is 0 Å². The van der Waals surface area contributed by atoms with Gasteiger partial charge in [0.15, 0.2) is 0 Å². The van der Waals surface area contributed by atoms with E-state index in [1.807, 2.05) is 0 Å². The van der Waals surface area contributed by atoms with Gasteiger partial charge in [0, 0.05) is 0 Å². The molecule has 0 aromatic heterocycles. The van der Waals surface area contributed by atoms with Crippen LogP contribution in [-0.2, 0) is 19.2 Å². The standard InChI is InChI=1S/C9H15N3O5S/c1-5(9(16)17)12-7(14)3-10-6(13)2-11-8(15)4-18/h5,18H,2-4H2,1H3,(H,10,13)(H,11,15)(H,12,14)(H,16,17). The topological polar surface area (TPSA) is 125 Å². The van der Waals surface area contributed by atoms with Gasteiger partial charge in [0.05, 0.1) is 18.8 Å². The van der Waals surface area contributed by atoms with E-state index in [9.17, 15) is 19.2 Å². The molecule has 1 atom stereocenters. The first-order valence-electron chi connectivity index (χ1n) is 5.03. The molecule has 9 heteroatoms. The average molecular weight is 277 g/mol. The Morgan fingerprint density at radius 1 is 1.06 bits per heavy atom. The fraction of sp³-hybridized carbons (Fsp3) is 0.556. The number of thiol groups is 1. The van der Waals surface area contributed by atoms with Gasteiger partial charge in [-0.05, 0) is 6.92 Å². The number of hydrogen-bond acceptors (Lipinski definition) is 5. The van der Waals surface area contributed by atoms with Crippen LogP contribution in [0.4, 0.5) is 0 Å². The van der Waals surface area contributed by atoms with Crippen molar-refractivity contribution in [2.45, 2.75) is 13.0 Å². The molecule has 0 saturated carbocycles. The summed E-state index contributed by atoms with van der Waals surface area (Å²) >= 11 is 3.70. The van der Waals surface area contributed by atoms with Gasteiger partial charge in [0.2, 0.25) is 17.7 Å². The lowest BCUT2D eigenvalue weighted by Crippen LogP contribution is -2.46. The van der Waals surface area contributed by atoms with E-state index >= 15 is 0 Å². The Morgan fingerprint density at radius 2 is 1.56 bits per heavy atom. The zero-order valence-corrected chi connectivity index (χ0v) is 10.6. The summed E-state index contributed by atoms with van der Waals surface area (Å²) in [5.74, 6) is -2.79. The number of hydrogen-bond donors (Lipinski definition) is 5. The maximum atomic E-state index is 11.2. The quantitative estimate of drug-likeness (QED) is 0.336. The number of nitrogens with one attached hydrogen (secondary N) is 3. The van der Waals surface area contributed by atoms with Crippen LogP contribution in [0.3, 0.4) is 0 Å². The van der Waals surface area contributed by atoms with Gasteiger partial charge in [-0.2, -0.15) is 12.6 Å². The zero-order valence-electron chi connectivity index (χ0n) is 9.73. The Bertz CT molecular complexity index is 347. The molecule has 0 aliphatic heterocycles. The lowest BCUT2D eigenvalue weighted by molar-refractivity contribution is -0.141. The number of amides is 3.